The third kappa shape index (κ3) is 4.02. The lowest BCUT2D eigenvalue weighted by molar-refractivity contribution is -0.144. The Hall–Kier alpha value is -2.17. The molecule has 1 heterocycles. The zero-order valence-corrected chi connectivity index (χ0v) is 14.2. The number of ketones is 1. The van der Waals surface area contributed by atoms with Gasteiger partial charge in [-0.05, 0) is 18.6 Å². The monoisotopic (exact) mass is 331 g/mol. The second-order valence-corrected chi connectivity index (χ2v) is 6.26. The number of nitrogens with zero attached hydrogens (tertiary/aromatic N) is 1. The fourth-order valence-corrected chi connectivity index (χ4v) is 3.14. The SMILES string of the molecule is CCCCCCCCCN1C(=O)C(C(=O)O)C(=O)c2ccccc21. The lowest BCUT2D eigenvalue weighted by atomic mass is 9.90. The van der Waals surface area contributed by atoms with Crippen LogP contribution in [0.1, 0.15) is 62.2 Å². The number of hydrogen-bond acceptors (Lipinski definition) is 3. The van der Waals surface area contributed by atoms with E-state index in [0.717, 1.165) is 19.3 Å². The topological polar surface area (TPSA) is 74.7 Å². The van der Waals surface area contributed by atoms with Crippen LogP contribution in [0.25, 0.3) is 0 Å². The van der Waals surface area contributed by atoms with Crippen LogP contribution in [-0.2, 0) is 9.59 Å². The van der Waals surface area contributed by atoms with E-state index >= 15 is 0 Å². The van der Waals surface area contributed by atoms with Crippen molar-refractivity contribution in [1.29, 1.82) is 0 Å². The number of carboxylic acid groups (broad SMARTS) is 1. The second kappa shape index (κ2) is 8.62. The smallest absolute Gasteiger partial charge is 0.324 e. The molecule has 130 valence electrons. The molecule has 0 radical (unpaired) electrons. The zero-order chi connectivity index (χ0) is 17.5. The third-order valence-electron chi connectivity index (χ3n) is 4.47. The molecule has 0 aromatic heterocycles. The van der Waals surface area contributed by atoms with E-state index in [1.165, 1.54) is 30.6 Å². The summed E-state index contributed by atoms with van der Waals surface area (Å²) in [7, 11) is 0. The number of benzene rings is 1. The quantitative estimate of drug-likeness (QED) is 0.553. The predicted octanol–water partition coefficient (Wildman–Crippen LogP) is 3.67. The molecule has 0 saturated heterocycles. The van der Waals surface area contributed by atoms with Gasteiger partial charge in [0.2, 0.25) is 5.91 Å². The van der Waals surface area contributed by atoms with Crippen LogP contribution in [0.3, 0.4) is 0 Å². The molecule has 0 fully saturated rings. The van der Waals surface area contributed by atoms with Gasteiger partial charge in [-0.1, -0.05) is 57.6 Å². The number of carbonyl (C=O) groups excluding carboxylic acids is 2. The van der Waals surface area contributed by atoms with E-state index in [-0.39, 0.29) is 0 Å². The van der Waals surface area contributed by atoms with Crippen LogP contribution in [0, 0.1) is 5.92 Å². The first-order valence-corrected chi connectivity index (χ1v) is 8.75. The van der Waals surface area contributed by atoms with E-state index in [2.05, 4.69) is 6.92 Å². The molecule has 1 aromatic rings. The fraction of sp³-hybridized carbons (Fsp3) is 0.526. The number of para-hydroxylation sites is 1. The van der Waals surface area contributed by atoms with Gasteiger partial charge in [-0.15, -0.1) is 0 Å². The maximum Gasteiger partial charge on any atom is 0.324 e. The first kappa shape index (κ1) is 18.2. The lowest BCUT2D eigenvalue weighted by Gasteiger charge is -2.31. The highest BCUT2D eigenvalue weighted by molar-refractivity contribution is 6.30. The van der Waals surface area contributed by atoms with Crippen LogP contribution in [0.15, 0.2) is 24.3 Å². The highest BCUT2D eigenvalue weighted by Crippen LogP contribution is 2.31. The minimum absolute atomic E-state index is 0.326. The first-order valence-electron chi connectivity index (χ1n) is 8.75. The van der Waals surface area contributed by atoms with E-state index in [1.807, 2.05) is 0 Å². The van der Waals surface area contributed by atoms with Crippen molar-refractivity contribution in [2.45, 2.75) is 51.9 Å². The summed E-state index contributed by atoms with van der Waals surface area (Å²) < 4.78 is 0. The Morgan fingerprint density at radius 3 is 2.33 bits per heavy atom. The predicted molar refractivity (Wildman–Crippen MR) is 92.2 cm³/mol. The Morgan fingerprint density at radius 2 is 1.67 bits per heavy atom. The van der Waals surface area contributed by atoms with Gasteiger partial charge in [0.05, 0.1) is 5.69 Å². The molecule has 1 amide bonds. The molecule has 24 heavy (non-hydrogen) atoms. The van der Waals surface area contributed by atoms with Crippen LogP contribution in [-0.4, -0.2) is 29.3 Å². The van der Waals surface area contributed by atoms with E-state index in [9.17, 15) is 19.5 Å². The van der Waals surface area contributed by atoms with Crippen molar-refractivity contribution in [2.75, 3.05) is 11.4 Å². The zero-order valence-electron chi connectivity index (χ0n) is 14.2. The molecule has 1 aliphatic heterocycles. The molecule has 1 N–H and O–H groups in total. The summed E-state index contributed by atoms with van der Waals surface area (Å²) in [6.45, 7) is 2.64. The number of Topliss-reactive ketones (excluding diaryl/α,β-unsaturated/α-hetero) is 1. The summed E-state index contributed by atoms with van der Waals surface area (Å²) in [5.74, 6) is -4.20. The lowest BCUT2D eigenvalue weighted by Crippen LogP contribution is -2.48. The minimum Gasteiger partial charge on any atom is -0.480 e. The summed E-state index contributed by atoms with van der Waals surface area (Å²) in [6.07, 6.45) is 7.81. The van der Waals surface area contributed by atoms with Gasteiger partial charge in [0.1, 0.15) is 0 Å². The second-order valence-electron chi connectivity index (χ2n) is 6.26. The Morgan fingerprint density at radius 1 is 1.04 bits per heavy atom. The molecule has 1 atom stereocenters. The molecular formula is C19H25NO4. The van der Waals surface area contributed by atoms with Gasteiger partial charge in [0, 0.05) is 12.1 Å². The van der Waals surface area contributed by atoms with E-state index in [4.69, 9.17) is 0 Å². The van der Waals surface area contributed by atoms with Gasteiger partial charge < -0.3 is 10.0 Å². The molecular weight excluding hydrogens is 306 g/mol. The van der Waals surface area contributed by atoms with Crippen molar-refractivity contribution in [3.63, 3.8) is 0 Å². The number of unbranched alkanes of at least 4 members (excludes halogenated alkanes) is 6. The largest absolute Gasteiger partial charge is 0.480 e. The molecule has 0 spiro atoms. The van der Waals surface area contributed by atoms with Crippen molar-refractivity contribution < 1.29 is 19.5 Å². The van der Waals surface area contributed by atoms with Crippen LogP contribution >= 0.6 is 0 Å². The summed E-state index contributed by atoms with van der Waals surface area (Å²) in [5.41, 5.74) is 0.864. The van der Waals surface area contributed by atoms with Gasteiger partial charge >= 0.3 is 5.97 Å². The number of amides is 1. The molecule has 5 nitrogen and oxygen atoms in total. The number of fused-ring (bicyclic) bond motifs is 1. The maximum atomic E-state index is 12.5. The Balaban J connectivity index is 2.02. The molecule has 0 aliphatic carbocycles. The van der Waals surface area contributed by atoms with Gasteiger partial charge in [0.25, 0.3) is 0 Å². The molecule has 5 heteroatoms. The van der Waals surface area contributed by atoms with Crippen LogP contribution < -0.4 is 4.90 Å². The van der Waals surface area contributed by atoms with Crippen LogP contribution in [0.5, 0.6) is 0 Å². The van der Waals surface area contributed by atoms with Crippen molar-refractivity contribution >= 4 is 23.3 Å². The maximum absolute atomic E-state index is 12.5. The highest BCUT2D eigenvalue weighted by atomic mass is 16.4. The summed E-state index contributed by atoms with van der Waals surface area (Å²) in [4.78, 5) is 37.5. The van der Waals surface area contributed by atoms with E-state index in [1.54, 1.807) is 24.3 Å². The van der Waals surface area contributed by atoms with Crippen molar-refractivity contribution in [1.82, 2.24) is 0 Å². The van der Waals surface area contributed by atoms with Crippen molar-refractivity contribution in [2.24, 2.45) is 5.92 Å². The summed E-state index contributed by atoms with van der Waals surface area (Å²) in [6, 6.07) is 6.76. The Kier molecular flexibility index (Phi) is 6.53. The Bertz CT molecular complexity index is 611. The van der Waals surface area contributed by atoms with E-state index < -0.39 is 23.6 Å². The molecule has 1 aromatic carbocycles. The van der Waals surface area contributed by atoms with Gasteiger partial charge in [-0.25, -0.2) is 0 Å². The van der Waals surface area contributed by atoms with Crippen molar-refractivity contribution in [3.8, 4) is 0 Å². The Labute approximate surface area is 142 Å². The molecule has 1 aliphatic rings. The number of carboxylic acids is 1. The van der Waals surface area contributed by atoms with E-state index in [0.29, 0.717) is 17.8 Å². The number of rotatable bonds is 9. The van der Waals surface area contributed by atoms with Crippen molar-refractivity contribution in [3.05, 3.63) is 29.8 Å². The number of carbonyl (C=O) groups is 3. The van der Waals surface area contributed by atoms with Crippen LogP contribution in [0.2, 0.25) is 0 Å². The average Bonchev–Trinajstić information content (AvgIpc) is 2.56. The summed E-state index contributed by atoms with van der Waals surface area (Å²) >= 11 is 0. The highest BCUT2D eigenvalue weighted by Gasteiger charge is 2.43. The normalized spacial score (nSPS) is 17.0. The molecule has 2 rings (SSSR count). The number of hydrogen-bond donors (Lipinski definition) is 1. The van der Waals surface area contributed by atoms with Gasteiger partial charge in [-0.3, -0.25) is 14.4 Å². The molecule has 0 bridgehead atoms. The third-order valence-corrected chi connectivity index (χ3v) is 4.47. The average molecular weight is 331 g/mol. The van der Waals surface area contributed by atoms with Gasteiger partial charge in [0.15, 0.2) is 11.7 Å². The number of aliphatic carboxylic acids is 1. The number of anilines is 1. The molecule has 1 unspecified atom stereocenters. The standard InChI is InChI=1S/C19H25NO4/c1-2-3-4-5-6-7-10-13-20-15-12-9-8-11-14(15)17(21)16(18(20)22)19(23)24/h8-9,11-12,16H,2-7,10,13H2,1H3,(H,23,24). The summed E-state index contributed by atoms with van der Waals surface area (Å²) in [5, 5.41) is 9.25. The first-order chi connectivity index (χ1) is 11.6. The van der Waals surface area contributed by atoms with Crippen LogP contribution in [0.4, 0.5) is 5.69 Å². The minimum atomic E-state index is -1.61. The fourth-order valence-electron chi connectivity index (χ4n) is 3.14. The molecule has 0 saturated carbocycles. The van der Waals surface area contributed by atoms with Gasteiger partial charge in [-0.2, -0.15) is 0 Å².